The first kappa shape index (κ1) is 35.9. The van der Waals surface area contributed by atoms with Gasteiger partial charge in [-0.15, -0.1) is 0 Å². The third-order valence-electron chi connectivity index (χ3n) is 7.46. The fourth-order valence-corrected chi connectivity index (χ4v) is 4.84. The van der Waals surface area contributed by atoms with E-state index in [1.807, 2.05) is 0 Å². The third-order valence-corrected chi connectivity index (χ3v) is 7.46. The van der Waals surface area contributed by atoms with E-state index in [-0.39, 0.29) is 11.9 Å². The number of carbonyl (C=O) groups excluding carboxylic acids is 2. The number of ether oxygens (including phenoxy) is 2. The summed E-state index contributed by atoms with van der Waals surface area (Å²) in [6, 6.07) is 0. The maximum atomic E-state index is 11.9. The summed E-state index contributed by atoms with van der Waals surface area (Å²) >= 11 is 0. The first-order chi connectivity index (χ1) is 17.8. The van der Waals surface area contributed by atoms with Crippen molar-refractivity contribution in [3.63, 3.8) is 0 Å². The molecule has 0 saturated carbocycles. The summed E-state index contributed by atoms with van der Waals surface area (Å²) in [7, 11) is 0. The molecule has 0 rings (SSSR count). The van der Waals surface area contributed by atoms with E-state index in [9.17, 15) is 9.59 Å². The zero-order valence-electron chi connectivity index (χ0n) is 25.6. The maximum absolute atomic E-state index is 11.9. The molecule has 0 aliphatic carbocycles. The molecular weight excluding hydrogens is 460 g/mol. The molecule has 4 heteroatoms. The highest BCUT2D eigenvalue weighted by Crippen LogP contribution is 2.20. The van der Waals surface area contributed by atoms with Crippen molar-refractivity contribution < 1.29 is 19.1 Å². The Morgan fingerprint density at radius 2 is 0.892 bits per heavy atom. The van der Waals surface area contributed by atoms with Crippen LogP contribution in [0.4, 0.5) is 0 Å². The van der Waals surface area contributed by atoms with E-state index in [1.165, 1.54) is 77.0 Å². The molecule has 0 aliphatic rings. The lowest BCUT2D eigenvalue weighted by Crippen LogP contribution is -2.09. The van der Waals surface area contributed by atoms with Gasteiger partial charge in [-0.25, -0.2) is 0 Å². The minimum absolute atomic E-state index is 0.00481. The molecule has 0 aromatic heterocycles. The molecule has 0 spiro atoms. The molecule has 0 fully saturated rings. The Kier molecular flexibility index (Phi) is 25.8. The molecule has 0 amide bonds. The average molecular weight is 525 g/mol. The lowest BCUT2D eigenvalue weighted by molar-refractivity contribution is -0.145. The number of esters is 2. The predicted octanol–water partition coefficient (Wildman–Crippen LogP) is 10.2. The van der Waals surface area contributed by atoms with Crippen molar-refractivity contribution in [3.05, 3.63) is 0 Å². The molecule has 0 radical (unpaired) electrons. The van der Waals surface area contributed by atoms with Crippen LogP contribution < -0.4 is 0 Å². The second-order valence-electron chi connectivity index (χ2n) is 12.1. The largest absolute Gasteiger partial charge is 0.466 e. The van der Waals surface area contributed by atoms with Crippen LogP contribution in [0.15, 0.2) is 0 Å². The molecule has 1 atom stereocenters. The average Bonchev–Trinajstić information content (AvgIpc) is 2.86. The van der Waals surface area contributed by atoms with Crippen LogP contribution in [0.1, 0.15) is 169 Å². The normalized spacial score (nSPS) is 12.3. The number of unbranched alkanes of at least 4 members (excludes halogenated alkanes) is 11. The van der Waals surface area contributed by atoms with Crippen LogP contribution in [0.5, 0.6) is 0 Å². The van der Waals surface area contributed by atoms with Crippen LogP contribution >= 0.6 is 0 Å². The summed E-state index contributed by atoms with van der Waals surface area (Å²) in [6.07, 6.45) is 24.2. The van der Waals surface area contributed by atoms with Crippen molar-refractivity contribution in [3.8, 4) is 0 Å². The van der Waals surface area contributed by atoms with Crippen LogP contribution in [0.3, 0.4) is 0 Å². The van der Waals surface area contributed by atoms with E-state index in [0.717, 1.165) is 44.9 Å². The van der Waals surface area contributed by atoms with Crippen LogP contribution in [-0.4, -0.2) is 25.2 Å². The number of hydrogen-bond donors (Lipinski definition) is 0. The van der Waals surface area contributed by atoms with Crippen molar-refractivity contribution in [2.24, 2.45) is 17.8 Å². The van der Waals surface area contributed by atoms with Gasteiger partial charge >= 0.3 is 11.9 Å². The van der Waals surface area contributed by atoms with E-state index < -0.39 is 0 Å². The second kappa shape index (κ2) is 26.5. The Morgan fingerprint density at radius 3 is 1.32 bits per heavy atom. The molecule has 220 valence electrons. The highest BCUT2D eigenvalue weighted by molar-refractivity contribution is 5.69. The van der Waals surface area contributed by atoms with Gasteiger partial charge in [0.2, 0.25) is 0 Å². The number of carbonyl (C=O) groups is 2. The fourth-order valence-electron chi connectivity index (χ4n) is 4.84. The van der Waals surface area contributed by atoms with Gasteiger partial charge in [0.15, 0.2) is 0 Å². The Labute approximate surface area is 231 Å². The van der Waals surface area contributed by atoms with Gasteiger partial charge in [-0.05, 0) is 56.3 Å². The first-order valence-electron chi connectivity index (χ1n) is 16.2. The molecule has 1 unspecified atom stereocenters. The van der Waals surface area contributed by atoms with Gasteiger partial charge in [0.05, 0.1) is 13.2 Å². The van der Waals surface area contributed by atoms with Crippen molar-refractivity contribution in [2.45, 2.75) is 169 Å². The zero-order valence-corrected chi connectivity index (χ0v) is 25.6. The minimum Gasteiger partial charge on any atom is -0.466 e. The predicted molar refractivity (Wildman–Crippen MR) is 158 cm³/mol. The number of rotatable bonds is 27. The summed E-state index contributed by atoms with van der Waals surface area (Å²) in [4.78, 5) is 23.6. The molecule has 0 aliphatic heterocycles. The first-order valence-corrected chi connectivity index (χ1v) is 16.2. The monoisotopic (exact) mass is 524 g/mol. The van der Waals surface area contributed by atoms with E-state index >= 15 is 0 Å². The second-order valence-corrected chi connectivity index (χ2v) is 12.1. The van der Waals surface area contributed by atoms with Crippen LogP contribution in [0.25, 0.3) is 0 Å². The summed E-state index contributed by atoms with van der Waals surface area (Å²) in [6.45, 7) is 12.2. The van der Waals surface area contributed by atoms with Gasteiger partial charge in [-0.2, -0.15) is 0 Å². The molecule has 0 saturated heterocycles. The molecule has 0 heterocycles. The highest BCUT2D eigenvalue weighted by atomic mass is 16.5. The Morgan fingerprint density at radius 1 is 0.486 bits per heavy atom. The lowest BCUT2D eigenvalue weighted by Gasteiger charge is -2.14. The van der Waals surface area contributed by atoms with Gasteiger partial charge in [0, 0.05) is 12.8 Å². The topological polar surface area (TPSA) is 52.6 Å². The summed E-state index contributed by atoms with van der Waals surface area (Å²) in [5, 5.41) is 0. The zero-order chi connectivity index (χ0) is 27.6. The standard InChI is InChI=1S/C33H64O4/c1-6-31(25-26-33(35)37-28-20-22-30(4)5)23-17-15-13-11-9-7-8-10-12-14-16-18-24-32(34)36-27-19-21-29(2)3/h29-31H,6-28H2,1-5H3. The van der Waals surface area contributed by atoms with Crippen LogP contribution in [0, 0.1) is 17.8 Å². The van der Waals surface area contributed by atoms with Crippen molar-refractivity contribution in [2.75, 3.05) is 13.2 Å². The maximum Gasteiger partial charge on any atom is 0.305 e. The summed E-state index contributed by atoms with van der Waals surface area (Å²) < 4.78 is 10.7. The van der Waals surface area contributed by atoms with Gasteiger partial charge in [0.1, 0.15) is 0 Å². The quantitative estimate of drug-likeness (QED) is 0.0792. The molecule has 4 nitrogen and oxygen atoms in total. The SMILES string of the molecule is CCC(CCCCCCCCCCCCCCC(=O)OCCCC(C)C)CCC(=O)OCCCC(C)C. The number of hydrogen-bond acceptors (Lipinski definition) is 4. The highest BCUT2D eigenvalue weighted by Gasteiger charge is 2.11. The van der Waals surface area contributed by atoms with Gasteiger partial charge < -0.3 is 9.47 Å². The van der Waals surface area contributed by atoms with Crippen molar-refractivity contribution in [1.29, 1.82) is 0 Å². The van der Waals surface area contributed by atoms with E-state index in [2.05, 4.69) is 34.6 Å². The third kappa shape index (κ3) is 27.8. The lowest BCUT2D eigenvalue weighted by atomic mass is 9.93. The molecule has 37 heavy (non-hydrogen) atoms. The van der Waals surface area contributed by atoms with Gasteiger partial charge in [-0.3, -0.25) is 9.59 Å². The summed E-state index contributed by atoms with van der Waals surface area (Å²) in [5.41, 5.74) is 0. The van der Waals surface area contributed by atoms with Crippen LogP contribution in [0.2, 0.25) is 0 Å². The Balaban J connectivity index is 3.41. The van der Waals surface area contributed by atoms with Crippen molar-refractivity contribution in [1.82, 2.24) is 0 Å². The van der Waals surface area contributed by atoms with E-state index in [0.29, 0.717) is 43.8 Å². The molecule has 0 bridgehead atoms. The van der Waals surface area contributed by atoms with Gasteiger partial charge in [-0.1, -0.05) is 118 Å². The molecule has 0 aromatic carbocycles. The summed E-state index contributed by atoms with van der Waals surface area (Å²) in [5.74, 6) is 2.01. The van der Waals surface area contributed by atoms with Crippen molar-refractivity contribution >= 4 is 11.9 Å². The van der Waals surface area contributed by atoms with Crippen LogP contribution in [-0.2, 0) is 19.1 Å². The van der Waals surface area contributed by atoms with E-state index in [4.69, 9.17) is 9.47 Å². The minimum atomic E-state index is -0.0124. The Hall–Kier alpha value is -1.06. The molecule has 0 N–H and O–H groups in total. The molecule has 0 aromatic rings. The molecular formula is C33H64O4. The van der Waals surface area contributed by atoms with E-state index in [1.54, 1.807) is 0 Å². The smallest absolute Gasteiger partial charge is 0.305 e. The Bertz CT molecular complexity index is 514. The fraction of sp³-hybridized carbons (Fsp3) is 0.939. The van der Waals surface area contributed by atoms with Gasteiger partial charge in [0.25, 0.3) is 0 Å².